The topological polar surface area (TPSA) is 29.1 Å². The van der Waals surface area contributed by atoms with Crippen LogP contribution in [-0.4, -0.2) is 11.7 Å². The highest BCUT2D eigenvalue weighted by Gasteiger charge is 2.10. The van der Waals surface area contributed by atoms with Crippen LogP contribution in [0.2, 0.25) is 10.0 Å². The zero-order valence-corrected chi connectivity index (χ0v) is 14.1. The Morgan fingerprint density at radius 3 is 2.43 bits per heavy atom. The highest BCUT2D eigenvalue weighted by Crippen LogP contribution is 2.33. The highest BCUT2D eigenvalue weighted by molar-refractivity contribution is 8.00. The van der Waals surface area contributed by atoms with Gasteiger partial charge in [-0.05, 0) is 37.6 Å². The monoisotopic (exact) mass is 339 g/mol. The minimum Gasteiger partial charge on any atom is -0.325 e. The lowest BCUT2D eigenvalue weighted by Gasteiger charge is -2.10. The number of halogens is 2. The number of hydrogen-bond acceptors (Lipinski definition) is 2. The molecule has 0 atom stereocenters. The van der Waals surface area contributed by atoms with E-state index in [0.717, 1.165) is 16.1 Å². The Hall–Kier alpha value is -1.16. The fraction of sp³-hybridized carbons (Fsp3) is 0.188. The summed E-state index contributed by atoms with van der Waals surface area (Å²) in [6.07, 6.45) is 0. The summed E-state index contributed by atoms with van der Waals surface area (Å²) in [5.41, 5.74) is 3.04. The molecule has 0 spiro atoms. The SMILES string of the molecule is Cc1ccc(NC(=O)CSc2c(Cl)cccc2Cl)c(C)c1. The Morgan fingerprint density at radius 2 is 1.81 bits per heavy atom. The van der Waals surface area contributed by atoms with Crippen LogP contribution in [-0.2, 0) is 4.79 Å². The maximum absolute atomic E-state index is 12.0. The first-order valence-electron chi connectivity index (χ1n) is 6.41. The summed E-state index contributed by atoms with van der Waals surface area (Å²) in [7, 11) is 0. The molecule has 2 aromatic rings. The van der Waals surface area contributed by atoms with Gasteiger partial charge in [-0.3, -0.25) is 4.79 Å². The van der Waals surface area contributed by atoms with Crippen LogP contribution in [0.3, 0.4) is 0 Å². The fourth-order valence-electron chi connectivity index (χ4n) is 1.90. The first-order chi connectivity index (χ1) is 9.97. The van der Waals surface area contributed by atoms with E-state index in [1.165, 1.54) is 17.3 Å². The molecule has 21 heavy (non-hydrogen) atoms. The second-order valence-corrected chi connectivity index (χ2v) is 6.51. The van der Waals surface area contributed by atoms with Crippen molar-refractivity contribution in [1.82, 2.24) is 0 Å². The van der Waals surface area contributed by atoms with Crippen LogP contribution in [0.15, 0.2) is 41.3 Å². The lowest BCUT2D eigenvalue weighted by molar-refractivity contribution is -0.113. The quantitative estimate of drug-likeness (QED) is 0.761. The summed E-state index contributed by atoms with van der Waals surface area (Å²) in [5.74, 6) is 0.180. The van der Waals surface area contributed by atoms with Crippen LogP contribution >= 0.6 is 35.0 Å². The van der Waals surface area contributed by atoms with E-state index in [2.05, 4.69) is 5.32 Å². The second-order valence-electron chi connectivity index (χ2n) is 4.71. The predicted octanol–water partition coefficient (Wildman–Crippen LogP) is 5.34. The zero-order chi connectivity index (χ0) is 15.4. The van der Waals surface area contributed by atoms with Crippen molar-refractivity contribution < 1.29 is 4.79 Å². The van der Waals surface area contributed by atoms with Gasteiger partial charge in [-0.15, -0.1) is 11.8 Å². The van der Waals surface area contributed by atoms with E-state index in [9.17, 15) is 4.79 Å². The largest absolute Gasteiger partial charge is 0.325 e. The van der Waals surface area contributed by atoms with E-state index in [-0.39, 0.29) is 11.7 Å². The van der Waals surface area contributed by atoms with Crippen molar-refractivity contribution in [2.75, 3.05) is 11.1 Å². The van der Waals surface area contributed by atoms with Gasteiger partial charge < -0.3 is 5.32 Å². The Morgan fingerprint density at radius 1 is 1.14 bits per heavy atom. The molecular weight excluding hydrogens is 325 g/mol. The third kappa shape index (κ3) is 4.40. The number of benzene rings is 2. The highest BCUT2D eigenvalue weighted by atomic mass is 35.5. The standard InChI is InChI=1S/C16H15Cl2NOS/c1-10-6-7-14(11(2)8-10)19-15(20)9-21-16-12(17)4-3-5-13(16)18/h3-8H,9H2,1-2H3,(H,19,20). The Bertz CT molecular complexity index is 653. The van der Waals surface area contributed by atoms with Crippen LogP contribution in [0.5, 0.6) is 0 Å². The number of thioether (sulfide) groups is 1. The molecule has 0 saturated carbocycles. The molecule has 5 heteroatoms. The van der Waals surface area contributed by atoms with E-state index in [0.29, 0.717) is 10.0 Å². The van der Waals surface area contributed by atoms with E-state index in [4.69, 9.17) is 23.2 Å². The molecule has 0 aliphatic rings. The van der Waals surface area contributed by atoms with E-state index in [1.807, 2.05) is 32.0 Å². The summed E-state index contributed by atoms with van der Waals surface area (Å²) in [5, 5.41) is 4.02. The van der Waals surface area contributed by atoms with Crippen molar-refractivity contribution >= 4 is 46.6 Å². The number of hydrogen-bond donors (Lipinski definition) is 1. The van der Waals surface area contributed by atoms with Gasteiger partial charge in [-0.1, -0.05) is 47.0 Å². The van der Waals surface area contributed by atoms with E-state index in [1.54, 1.807) is 18.2 Å². The van der Waals surface area contributed by atoms with Crippen molar-refractivity contribution in [3.63, 3.8) is 0 Å². The molecule has 0 bridgehead atoms. The lowest BCUT2D eigenvalue weighted by Crippen LogP contribution is -2.14. The first kappa shape index (κ1) is 16.2. The molecule has 2 rings (SSSR count). The smallest absolute Gasteiger partial charge is 0.234 e. The van der Waals surface area contributed by atoms with Gasteiger partial charge in [0.2, 0.25) is 5.91 Å². The molecule has 0 radical (unpaired) electrons. The molecule has 0 unspecified atom stereocenters. The Kier molecular flexibility index (Phi) is 5.57. The predicted molar refractivity (Wildman–Crippen MR) is 91.7 cm³/mol. The first-order valence-corrected chi connectivity index (χ1v) is 8.15. The Balaban J connectivity index is 1.99. The zero-order valence-electron chi connectivity index (χ0n) is 11.7. The van der Waals surface area contributed by atoms with Crippen molar-refractivity contribution in [3.05, 3.63) is 57.6 Å². The third-order valence-corrected chi connectivity index (χ3v) is 4.91. The molecule has 1 N–H and O–H groups in total. The number of amides is 1. The molecule has 0 fully saturated rings. The number of anilines is 1. The number of nitrogens with one attached hydrogen (secondary N) is 1. The third-order valence-electron chi connectivity index (χ3n) is 2.92. The van der Waals surface area contributed by atoms with Gasteiger partial charge in [0.15, 0.2) is 0 Å². The summed E-state index contributed by atoms with van der Waals surface area (Å²) in [4.78, 5) is 12.8. The van der Waals surface area contributed by atoms with Crippen LogP contribution in [0.4, 0.5) is 5.69 Å². The van der Waals surface area contributed by atoms with Gasteiger partial charge in [0, 0.05) is 10.6 Å². The van der Waals surface area contributed by atoms with E-state index < -0.39 is 0 Å². The van der Waals surface area contributed by atoms with Crippen molar-refractivity contribution in [3.8, 4) is 0 Å². The fourth-order valence-corrected chi connectivity index (χ4v) is 3.38. The van der Waals surface area contributed by atoms with E-state index >= 15 is 0 Å². The number of carbonyl (C=O) groups excluding carboxylic acids is 1. The molecule has 0 aromatic heterocycles. The van der Waals surface area contributed by atoms with Gasteiger partial charge in [-0.25, -0.2) is 0 Å². The molecule has 0 aliphatic heterocycles. The van der Waals surface area contributed by atoms with Gasteiger partial charge in [0.1, 0.15) is 0 Å². The molecule has 0 heterocycles. The lowest BCUT2D eigenvalue weighted by atomic mass is 10.1. The molecule has 0 saturated heterocycles. The maximum atomic E-state index is 12.0. The molecule has 2 aromatic carbocycles. The number of carbonyl (C=O) groups is 1. The maximum Gasteiger partial charge on any atom is 0.234 e. The Labute approximate surface area is 138 Å². The summed E-state index contributed by atoms with van der Waals surface area (Å²) >= 11 is 13.5. The summed E-state index contributed by atoms with van der Waals surface area (Å²) in [6.45, 7) is 3.99. The van der Waals surface area contributed by atoms with Crippen molar-refractivity contribution in [2.24, 2.45) is 0 Å². The van der Waals surface area contributed by atoms with Crippen molar-refractivity contribution in [1.29, 1.82) is 0 Å². The normalized spacial score (nSPS) is 10.5. The molecule has 1 amide bonds. The van der Waals surface area contributed by atoms with Crippen LogP contribution in [0, 0.1) is 13.8 Å². The van der Waals surface area contributed by atoms with Gasteiger partial charge in [-0.2, -0.15) is 0 Å². The van der Waals surface area contributed by atoms with Crippen LogP contribution < -0.4 is 5.32 Å². The number of rotatable bonds is 4. The molecule has 0 aliphatic carbocycles. The minimum atomic E-state index is -0.0806. The van der Waals surface area contributed by atoms with Gasteiger partial charge >= 0.3 is 0 Å². The van der Waals surface area contributed by atoms with Gasteiger partial charge in [0.25, 0.3) is 0 Å². The van der Waals surface area contributed by atoms with Crippen LogP contribution in [0.1, 0.15) is 11.1 Å². The molecule has 110 valence electrons. The van der Waals surface area contributed by atoms with Gasteiger partial charge in [0.05, 0.1) is 15.8 Å². The van der Waals surface area contributed by atoms with Crippen molar-refractivity contribution in [2.45, 2.75) is 18.7 Å². The summed E-state index contributed by atoms with van der Waals surface area (Å²) < 4.78 is 0. The average molecular weight is 340 g/mol. The summed E-state index contributed by atoms with van der Waals surface area (Å²) in [6, 6.07) is 11.2. The average Bonchev–Trinajstić information content (AvgIpc) is 2.41. The number of aryl methyl sites for hydroxylation is 2. The van der Waals surface area contributed by atoms with Crippen LogP contribution in [0.25, 0.3) is 0 Å². The second kappa shape index (κ2) is 7.21. The molecule has 2 nitrogen and oxygen atoms in total. The minimum absolute atomic E-state index is 0.0806. The molecular formula is C16H15Cl2NOS.